The van der Waals surface area contributed by atoms with Gasteiger partial charge in [0.15, 0.2) is 0 Å². The van der Waals surface area contributed by atoms with Crippen molar-refractivity contribution in [3.05, 3.63) is 74.9 Å². The zero-order valence-electron chi connectivity index (χ0n) is 15.6. The summed E-state index contributed by atoms with van der Waals surface area (Å²) in [5.41, 5.74) is 0.0275. The first-order chi connectivity index (χ1) is 13.5. The highest BCUT2D eigenvalue weighted by atomic mass is 32.1. The van der Waals surface area contributed by atoms with Gasteiger partial charge in [0.2, 0.25) is 5.43 Å². The lowest BCUT2D eigenvalue weighted by Crippen LogP contribution is -2.27. The Morgan fingerprint density at radius 3 is 2.50 bits per heavy atom. The molecule has 142 valence electrons. The van der Waals surface area contributed by atoms with Crippen LogP contribution in [0.3, 0.4) is 0 Å². The summed E-state index contributed by atoms with van der Waals surface area (Å²) in [6.45, 7) is 4.60. The van der Waals surface area contributed by atoms with Crippen LogP contribution in [-0.4, -0.2) is 9.55 Å². The Balaban J connectivity index is 2.07. The van der Waals surface area contributed by atoms with Crippen molar-refractivity contribution >= 4 is 31.6 Å². The van der Waals surface area contributed by atoms with E-state index in [1.54, 1.807) is 28.8 Å². The zero-order valence-corrected chi connectivity index (χ0v) is 16.4. The van der Waals surface area contributed by atoms with E-state index < -0.39 is 0 Å². The van der Waals surface area contributed by atoms with Gasteiger partial charge in [0.05, 0.1) is 0 Å². The molecule has 2 heterocycles. The molecule has 0 N–H and O–H groups in total. The van der Waals surface area contributed by atoms with Gasteiger partial charge in [-0.2, -0.15) is 0 Å². The summed E-state index contributed by atoms with van der Waals surface area (Å²) < 4.78 is 15.7. The van der Waals surface area contributed by atoms with Gasteiger partial charge in [-0.25, -0.2) is 9.37 Å². The molecule has 0 bridgehead atoms. The van der Waals surface area contributed by atoms with E-state index in [4.69, 9.17) is 0 Å². The molecule has 0 atom stereocenters. The van der Waals surface area contributed by atoms with Gasteiger partial charge in [-0.05, 0) is 48.7 Å². The summed E-state index contributed by atoms with van der Waals surface area (Å²) >= 11 is 1.33. The number of benzene rings is 2. The third kappa shape index (κ3) is 3.24. The third-order valence-electron chi connectivity index (χ3n) is 4.73. The lowest BCUT2D eigenvalue weighted by atomic mass is 10.1. The van der Waals surface area contributed by atoms with Crippen LogP contribution in [0.1, 0.15) is 20.3 Å². The van der Waals surface area contributed by atoms with Crippen LogP contribution in [0.4, 0.5) is 4.39 Å². The maximum atomic E-state index is 13.4. The van der Waals surface area contributed by atoms with Crippen molar-refractivity contribution < 1.29 is 4.39 Å². The molecule has 4 rings (SSSR count). The molecule has 0 amide bonds. The molecule has 0 radical (unpaired) electrons. The molecule has 4 aromatic rings. The first-order valence-electron chi connectivity index (χ1n) is 9.18. The van der Waals surface area contributed by atoms with Crippen LogP contribution >= 0.6 is 11.3 Å². The quantitative estimate of drug-likeness (QED) is 0.466. The molecular formula is C22H19FN2O2S. The average Bonchev–Trinajstić information content (AvgIpc) is 2.67. The number of fused-ring (bicyclic) bond motifs is 2. The van der Waals surface area contributed by atoms with Crippen LogP contribution in [0.5, 0.6) is 0 Å². The van der Waals surface area contributed by atoms with Gasteiger partial charge in [-0.3, -0.25) is 14.2 Å². The number of hydrogen-bond acceptors (Lipinski definition) is 4. The van der Waals surface area contributed by atoms with E-state index in [9.17, 15) is 14.0 Å². The Morgan fingerprint density at radius 2 is 1.79 bits per heavy atom. The molecule has 4 nitrogen and oxygen atoms in total. The van der Waals surface area contributed by atoms with Crippen molar-refractivity contribution in [3.8, 4) is 11.4 Å². The summed E-state index contributed by atoms with van der Waals surface area (Å²) in [5, 5.41) is 0.655. The second-order valence-corrected chi connectivity index (χ2v) is 8.22. The minimum atomic E-state index is -0.351. The molecule has 2 aromatic carbocycles. The average molecular weight is 394 g/mol. The number of aromatic nitrogens is 2. The largest absolute Gasteiger partial charge is 0.292 e. The fourth-order valence-electron chi connectivity index (χ4n) is 3.20. The van der Waals surface area contributed by atoms with Crippen LogP contribution < -0.4 is 11.0 Å². The molecule has 6 heteroatoms. The van der Waals surface area contributed by atoms with E-state index in [0.29, 0.717) is 34.1 Å². The normalized spacial score (nSPS) is 11.6. The van der Waals surface area contributed by atoms with Gasteiger partial charge in [-0.15, -0.1) is 11.3 Å². The van der Waals surface area contributed by atoms with Crippen LogP contribution in [0.15, 0.2) is 58.1 Å². The summed E-state index contributed by atoms with van der Waals surface area (Å²) in [7, 11) is 0. The van der Waals surface area contributed by atoms with Crippen LogP contribution in [0.25, 0.3) is 31.7 Å². The first kappa shape index (κ1) is 18.5. The minimum Gasteiger partial charge on any atom is -0.292 e. The maximum absolute atomic E-state index is 13.4. The fraction of sp³-hybridized carbons (Fsp3) is 0.227. The predicted molar refractivity (Wildman–Crippen MR) is 113 cm³/mol. The molecule has 0 saturated carbocycles. The van der Waals surface area contributed by atoms with E-state index in [1.807, 2.05) is 12.1 Å². The summed E-state index contributed by atoms with van der Waals surface area (Å²) in [6, 6.07) is 13.2. The van der Waals surface area contributed by atoms with Crippen molar-refractivity contribution in [2.45, 2.75) is 26.8 Å². The molecule has 0 fully saturated rings. The van der Waals surface area contributed by atoms with Gasteiger partial charge >= 0.3 is 0 Å². The van der Waals surface area contributed by atoms with Crippen molar-refractivity contribution in [1.82, 2.24) is 9.55 Å². The number of rotatable bonds is 4. The lowest BCUT2D eigenvalue weighted by Gasteiger charge is -2.14. The number of hydrogen-bond donors (Lipinski definition) is 0. The van der Waals surface area contributed by atoms with Gasteiger partial charge in [0, 0.05) is 22.2 Å². The molecule has 0 spiro atoms. The Bertz CT molecular complexity index is 1290. The third-order valence-corrected chi connectivity index (χ3v) is 5.80. The first-order valence-corrected chi connectivity index (χ1v) is 9.99. The highest BCUT2D eigenvalue weighted by Crippen LogP contribution is 2.25. The zero-order chi connectivity index (χ0) is 19.8. The lowest BCUT2D eigenvalue weighted by molar-refractivity contribution is 0.509. The smallest absolute Gasteiger partial charge is 0.266 e. The van der Waals surface area contributed by atoms with Crippen molar-refractivity contribution in [3.63, 3.8) is 0 Å². The molecule has 0 aliphatic heterocycles. The molecule has 28 heavy (non-hydrogen) atoms. The molecule has 2 aromatic heterocycles. The van der Waals surface area contributed by atoms with E-state index in [1.165, 1.54) is 23.5 Å². The van der Waals surface area contributed by atoms with Crippen LogP contribution in [0.2, 0.25) is 0 Å². The number of halogens is 1. The van der Waals surface area contributed by atoms with Crippen molar-refractivity contribution in [2.75, 3.05) is 0 Å². The highest BCUT2D eigenvalue weighted by Gasteiger charge is 2.17. The minimum absolute atomic E-state index is 0.123. The second-order valence-electron chi connectivity index (χ2n) is 7.19. The topological polar surface area (TPSA) is 52.0 Å². The fourth-order valence-corrected chi connectivity index (χ4v) is 4.24. The van der Waals surface area contributed by atoms with Gasteiger partial charge in [-0.1, -0.05) is 26.0 Å². The van der Waals surface area contributed by atoms with Crippen LogP contribution in [-0.2, 0) is 6.54 Å². The SMILES string of the molecule is CC(C)CCn1c(-c2ccc(F)cc2)nc2sc3ccccc3c(=O)c2c1=O. The van der Waals surface area contributed by atoms with Gasteiger partial charge in [0.1, 0.15) is 21.9 Å². The van der Waals surface area contributed by atoms with E-state index in [-0.39, 0.29) is 22.2 Å². The number of nitrogens with zero attached hydrogens (tertiary/aromatic N) is 2. The summed E-state index contributed by atoms with van der Waals surface area (Å²) in [6.07, 6.45) is 0.770. The molecule has 0 saturated heterocycles. The standard InChI is InChI=1S/C22H19FN2O2S/c1-13(2)11-12-25-20(14-7-9-15(23)10-8-14)24-21-18(22(25)27)19(26)16-5-3-4-6-17(16)28-21/h3-10,13H,11-12H2,1-2H3. The molecule has 0 aliphatic rings. The summed E-state index contributed by atoms with van der Waals surface area (Å²) in [4.78, 5) is 31.4. The molecule has 0 aliphatic carbocycles. The van der Waals surface area contributed by atoms with Gasteiger partial charge < -0.3 is 0 Å². The molecule has 0 unspecified atom stereocenters. The predicted octanol–water partition coefficient (Wildman–Crippen LogP) is 4.82. The highest BCUT2D eigenvalue weighted by molar-refractivity contribution is 7.24. The van der Waals surface area contributed by atoms with E-state index in [2.05, 4.69) is 18.8 Å². The van der Waals surface area contributed by atoms with Gasteiger partial charge in [0.25, 0.3) is 5.56 Å². The monoisotopic (exact) mass is 394 g/mol. The second kappa shape index (κ2) is 7.28. The Kier molecular flexibility index (Phi) is 4.81. The Morgan fingerprint density at radius 1 is 1.07 bits per heavy atom. The summed E-state index contributed by atoms with van der Waals surface area (Å²) in [5.74, 6) is 0.496. The van der Waals surface area contributed by atoms with Crippen LogP contribution in [0, 0.1) is 11.7 Å². The Labute approximate surface area is 164 Å². The Hall–Kier alpha value is -2.86. The van der Waals surface area contributed by atoms with Crippen molar-refractivity contribution in [1.29, 1.82) is 0 Å². The van der Waals surface area contributed by atoms with E-state index in [0.717, 1.165) is 11.1 Å². The van der Waals surface area contributed by atoms with Crippen molar-refractivity contribution in [2.24, 2.45) is 5.92 Å². The molecular weight excluding hydrogens is 375 g/mol. The maximum Gasteiger partial charge on any atom is 0.266 e. The van der Waals surface area contributed by atoms with E-state index >= 15 is 0 Å².